The van der Waals surface area contributed by atoms with Crippen molar-refractivity contribution >= 4 is 34.6 Å². The average molecular weight is 432 g/mol. The summed E-state index contributed by atoms with van der Waals surface area (Å²) in [7, 11) is 0. The Balaban J connectivity index is 1.86. The van der Waals surface area contributed by atoms with Gasteiger partial charge in [-0.1, -0.05) is 29.3 Å². The van der Waals surface area contributed by atoms with E-state index in [-0.39, 0.29) is 10.7 Å². The molecule has 3 heterocycles. The van der Waals surface area contributed by atoms with Gasteiger partial charge in [0.05, 0.1) is 10.7 Å². The molecule has 5 rings (SSSR count). The number of allylic oxidation sites excluding steroid dienone is 2. The minimum Gasteiger partial charge on any atom is -0.375 e. The standard InChI is InChI=1S/C21H20Cl2FN5/c22-14-7-5-8-15(24)17(14)18-19(29-21(25-12-26-29)27-20(18)23)13-6-1-2-9-16(13)28-10-3-4-11-28/h5,7-8,12H,1-4,6,9-11H2. The minimum absolute atomic E-state index is 0.186. The second-order valence-electron chi connectivity index (χ2n) is 7.52. The van der Waals surface area contributed by atoms with Gasteiger partial charge in [-0.2, -0.15) is 19.6 Å². The third kappa shape index (κ3) is 3.19. The molecule has 1 aromatic carbocycles. The van der Waals surface area contributed by atoms with Gasteiger partial charge in [0.15, 0.2) is 0 Å². The molecule has 0 amide bonds. The molecule has 1 saturated heterocycles. The third-order valence-electron chi connectivity index (χ3n) is 5.81. The van der Waals surface area contributed by atoms with Crippen LogP contribution < -0.4 is 0 Å². The number of hydrogen-bond acceptors (Lipinski definition) is 4. The molecule has 0 bridgehead atoms. The number of benzene rings is 1. The maximum Gasteiger partial charge on any atom is 0.254 e. The molecule has 150 valence electrons. The molecular weight excluding hydrogens is 412 g/mol. The second-order valence-corrected chi connectivity index (χ2v) is 8.29. The van der Waals surface area contributed by atoms with Gasteiger partial charge >= 0.3 is 0 Å². The van der Waals surface area contributed by atoms with E-state index in [1.807, 2.05) is 0 Å². The quantitative estimate of drug-likeness (QED) is 0.504. The lowest BCUT2D eigenvalue weighted by atomic mass is 9.89. The van der Waals surface area contributed by atoms with Crippen molar-refractivity contribution in [3.8, 4) is 11.1 Å². The van der Waals surface area contributed by atoms with Gasteiger partial charge in [0.1, 0.15) is 17.3 Å². The molecular formula is C21H20Cl2FN5. The molecule has 5 nitrogen and oxygen atoms in total. The largest absolute Gasteiger partial charge is 0.375 e. The van der Waals surface area contributed by atoms with Crippen LogP contribution in [0, 0.1) is 5.82 Å². The van der Waals surface area contributed by atoms with E-state index in [0.717, 1.165) is 50.0 Å². The van der Waals surface area contributed by atoms with E-state index in [1.165, 1.54) is 30.9 Å². The molecule has 1 fully saturated rings. The van der Waals surface area contributed by atoms with Crippen LogP contribution in [0.3, 0.4) is 0 Å². The van der Waals surface area contributed by atoms with Gasteiger partial charge in [0.25, 0.3) is 5.78 Å². The topological polar surface area (TPSA) is 46.3 Å². The zero-order valence-corrected chi connectivity index (χ0v) is 17.3. The summed E-state index contributed by atoms with van der Waals surface area (Å²) in [6, 6.07) is 4.65. The molecule has 29 heavy (non-hydrogen) atoms. The number of aromatic nitrogens is 4. The van der Waals surface area contributed by atoms with Gasteiger partial charge < -0.3 is 4.90 Å². The summed E-state index contributed by atoms with van der Waals surface area (Å²) in [5.74, 6) is -0.0268. The van der Waals surface area contributed by atoms with Gasteiger partial charge in [-0.25, -0.2) is 4.39 Å². The highest BCUT2D eigenvalue weighted by Gasteiger charge is 2.29. The van der Waals surface area contributed by atoms with Crippen LogP contribution in [-0.4, -0.2) is 37.6 Å². The molecule has 1 aliphatic carbocycles. The van der Waals surface area contributed by atoms with E-state index in [2.05, 4.69) is 20.0 Å². The van der Waals surface area contributed by atoms with Crippen molar-refractivity contribution in [2.24, 2.45) is 0 Å². The fourth-order valence-corrected chi connectivity index (χ4v) is 5.05. The average Bonchev–Trinajstić information content (AvgIpc) is 3.40. The molecule has 0 N–H and O–H groups in total. The monoisotopic (exact) mass is 431 g/mol. The Labute approximate surface area is 178 Å². The molecule has 0 radical (unpaired) electrons. The second kappa shape index (κ2) is 7.58. The molecule has 2 aromatic heterocycles. The Bertz CT molecular complexity index is 1100. The van der Waals surface area contributed by atoms with Crippen molar-refractivity contribution in [3.63, 3.8) is 0 Å². The van der Waals surface area contributed by atoms with Crippen molar-refractivity contribution in [3.05, 3.63) is 51.9 Å². The molecule has 0 atom stereocenters. The molecule has 8 heteroatoms. The fourth-order valence-electron chi connectivity index (χ4n) is 4.53. The lowest BCUT2D eigenvalue weighted by Gasteiger charge is -2.30. The summed E-state index contributed by atoms with van der Waals surface area (Å²) in [4.78, 5) is 11.1. The van der Waals surface area contributed by atoms with Crippen LogP contribution in [0.4, 0.5) is 4.39 Å². The van der Waals surface area contributed by atoms with Crippen molar-refractivity contribution in [2.45, 2.75) is 38.5 Å². The zero-order valence-electron chi connectivity index (χ0n) is 15.8. The van der Waals surface area contributed by atoms with Crippen LogP contribution in [0.5, 0.6) is 0 Å². The van der Waals surface area contributed by atoms with Crippen LogP contribution in [0.25, 0.3) is 22.5 Å². The summed E-state index contributed by atoms with van der Waals surface area (Å²) >= 11 is 13.1. The molecule has 0 saturated carbocycles. The summed E-state index contributed by atoms with van der Waals surface area (Å²) in [5.41, 5.74) is 3.96. The van der Waals surface area contributed by atoms with E-state index in [9.17, 15) is 4.39 Å². The first kappa shape index (κ1) is 18.8. The first-order valence-electron chi connectivity index (χ1n) is 9.96. The number of fused-ring (bicyclic) bond motifs is 1. The van der Waals surface area contributed by atoms with Gasteiger partial charge in [-0.05, 0) is 56.2 Å². The van der Waals surface area contributed by atoms with E-state index in [0.29, 0.717) is 16.4 Å². The number of hydrogen-bond donors (Lipinski definition) is 0. The number of halogens is 3. The van der Waals surface area contributed by atoms with E-state index >= 15 is 0 Å². The highest BCUT2D eigenvalue weighted by Crippen LogP contribution is 2.44. The summed E-state index contributed by atoms with van der Waals surface area (Å²) in [6.07, 6.45) is 7.92. The number of rotatable bonds is 3. The van der Waals surface area contributed by atoms with Crippen molar-refractivity contribution in [1.82, 2.24) is 24.5 Å². The van der Waals surface area contributed by atoms with Crippen molar-refractivity contribution < 1.29 is 4.39 Å². The van der Waals surface area contributed by atoms with E-state index < -0.39 is 5.82 Å². The summed E-state index contributed by atoms with van der Waals surface area (Å²) < 4.78 is 16.6. The van der Waals surface area contributed by atoms with Crippen LogP contribution in [0.2, 0.25) is 10.2 Å². The van der Waals surface area contributed by atoms with Gasteiger partial charge in [0, 0.05) is 29.9 Å². The van der Waals surface area contributed by atoms with Gasteiger partial charge in [-0.3, -0.25) is 0 Å². The third-order valence-corrected chi connectivity index (χ3v) is 6.40. The lowest BCUT2D eigenvalue weighted by Crippen LogP contribution is -2.23. The van der Waals surface area contributed by atoms with Crippen LogP contribution in [-0.2, 0) is 0 Å². The highest BCUT2D eigenvalue weighted by atomic mass is 35.5. The number of likely N-dealkylation sites (tertiary alicyclic amines) is 1. The Hall–Kier alpha value is -2.18. The van der Waals surface area contributed by atoms with Gasteiger partial charge in [0.2, 0.25) is 0 Å². The predicted octanol–water partition coefficient (Wildman–Crippen LogP) is 5.62. The molecule has 1 aliphatic heterocycles. The molecule has 0 spiro atoms. The Morgan fingerprint density at radius 1 is 0.966 bits per heavy atom. The SMILES string of the molecule is Fc1cccc(Cl)c1-c1c(Cl)nc2ncnn2c1C1=C(N2CCCC2)CCCC1. The van der Waals surface area contributed by atoms with Crippen molar-refractivity contribution in [1.29, 1.82) is 0 Å². The smallest absolute Gasteiger partial charge is 0.254 e. The van der Waals surface area contributed by atoms with Crippen LogP contribution in [0.1, 0.15) is 44.2 Å². The number of nitrogens with zero attached hydrogens (tertiary/aromatic N) is 5. The first-order valence-corrected chi connectivity index (χ1v) is 10.7. The normalized spacial score (nSPS) is 17.6. The Morgan fingerprint density at radius 3 is 2.55 bits per heavy atom. The Morgan fingerprint density at radius 2 is 1.76 bits per heavy atom. The van der Waals surface area contributed by atoms with Crippen LogP contribution >= 0.6 is 23.2 Å². The minimum atomic E-state index is -0.430. The predicted molar refractivity (Wildman–Crippen MR) is 112 cm³/mol. The zero-order chi connectivity index (χ0) is 20.0. The molecule has 0 unspecified atom stereocenters. The summed E-state index contributed by atoms with van der Waals surface area (Å²) in [6.45, 7) is 2.10. The molecule has 2 aliphatic rings. The molecule has 3 aromatic rings. The van der Waals surface area contributed by atoms with Crippen molar-refractivity contribution in [2.75, 3.05) is 13.1 Å². The van der Waals surface area contributed by atoms with E-state index in [4.69, 9.17) is 23.2 Å². The first-order chi connectivity index (χ1) is 14.1. The van der Waals surface area contributed by atoms with Gasteiger partial charge in [-0.15, -0.1) is 0 Å². The Kier molecular flexibility index (Phi) is 4.92. The maximum absolute atomic E-state index is 14.9. The van der Waals surface area contributed by atoms with E-state index in [1.54, 1.807) is 16.6 Å². The maximum atomic E-state index is 14.9. The fraction of sp³-hybridized carbons (Fsp3) is 0.381. The lowest BCUT2D eigenvalue weighted by molar-refractivity contribution is 0.396. The van der Waals surface area contributed by atoms with Crippen LogP contribution in [0.15, 0.2) is 30.2 Å². The highest BCUT2D eigenvalue weighted by molar-refractivity contribution is 6.36. The summed E-state index contributed by atoms with van der Waals surface area (Å²) in [5, 5.41) is 4.89.